The lowest BCUT2D eigenvalue weighted by Crippen LogP contribution is -2.28. The highest BCUT2D eigenvalue weighted by atomic mass is 127. The Labute approximate surface area is 207 Å². The van der Waals surface area contributed by atoms with Crippen molar-refractivity contribution in [3.05, 3.63) is 67.7 Å². The van der Waals surface area contributed by atoms with Gasteiger partial charge < -0.3 is 9.47 Å². The van der Waals surface area contributed by atoms with Crippen LogP contribution < -0.4 is 9.47 Å². The van der Waals surface area contributed by atoms with Gasteiger partial charge >= 0.3 is 0 Å². The summed E-state index contributed by atoms with van der Waals surface area (Å²) in [5.74, 6) is 0.660. The predicted molar refractivity (Wildman–Crippen MR) is 131 cm³/mol. The summed E-state index contributed by atoms with van der Waals surface area (Å²) in [6.45, 7) is 0.406. The maximum atomic E-state index is 12.8. The van der Waals surface area contributed by atoms with Gasteiger partial charge in [-0.05, 0) is 76.2 Å². The van der Waals surface area contributed by atoms with Crippen LogP contribution in [0.25, 0.3) is 0 Å². The fraction of sp³-hybridized carbons (Fsp3) is 0.292. The molecule has 1 aliphatic heterocycles. The molecular formula is C24H20BrIN2O4. The normalized spacial score (nSPS) is 25.8. The summed E-state index contributed by atoms with van der Waals surface area (Å²) in [4.78, 5) is 25.6. The van der Waals surface area contributed by atoms with Crippen LogP contribution in [0.2, 0.25) is 0 Å². The van der Waals surface area contributed by atoms with E-state index in [9.17, 15) is 9.59 Å². The van der Waals surface area contributed by atoms with Crippen molar-refractivity contribution < 1.29 is 19.1 Å². The molecule has 4 atom stereocenters. The summed E-state index contributed by atoms with van der Waals surface area (Å²) >= 11 is 5.61. The smallest absolute Gasteiger partial charge is 0.254 e. The fourth-order valence-electron chi connectivity index (χ4n) is 4.82. The van der Waals surface area contributed by atoms with Gasteiger partial charge in [-0.3, -0.25) is 9.59 Å². The molecule has 0 N–H and O–H groups in total. The Hall–Kier alpha value is -2.20. The van der Waals surface area contributed by atoms with Crippen LogP contribution in [-0.4, -0.2) is 30.1 Å². The molecule has 1 saturated heterocycles. The number of rotatable bonds is 6. The average Bonchev–Trinajstić information content (AvgIpc) is 3.46. The molecule has 0 spiro atoms. The molecule has 1 heterocycles. The molecule has 8 heteroatoms. The summed E-state index contributed by atoms with van der Waals surface area (Å²) in [5.41, 5.74) is 1.76. The van der Waals surface area contributed by atoms with Crippen LogP contribution >= 0.6 is 38.5 Å². The summed E-state index contributed by atoms with van der Waals surface area (Å²) < 4.78 is 13.4. The zero-order chi connectivity index (χ0) is 22.4. The Morgan fingerprint density at radius 2 is 1.78 bits per heavy atom. The minimum Gasteiger partial charge on any atom is -0.493 e. The highest BCUT2D eigenvalue weighted by Gasteiger charge is 2.59. The number of amides is 2. The molecule has 2 aromatic rings. The lowest BCUT2D eigenvalue weighted by Gasteiger charge is -2.14. The van der Waals surface area contributed by atoms with Gasteiger partial charge in [-0.15, -0.1) is 0 Å². The molecule has 2 aliphatic carbocycles. The third-order valence-electron chi connectivity index (χ3n) is 6.32. The monoisotopic (exact) mass is 606 g/mol. The molecular weight excluding hydrogens is 587 g/mol. The number of benzene rings is 2. The van der Waals surface area contributed by atoms with Gasteiger partial charge in [0.25, 0.3) is 11.8 Å². The van der Waals surface area contributed by atoms with Crippen LogP contribution in [0.5, 0.6) is 11.5 Å². The number of carbonyl (C=O) groups is 2. The zero-order valence-electron chi connectivity index (χ0n) is 17.2. The van der Waals surface area contributed by atoms with E-state index in [1.807, 2.05) is 30.3 Å². The third kappa shape index (κ3) is 3.77. The van der Waals surface area contributed by atoms with Crippen molar-refractivity contribution in [2.24, 2.45) is 28.8 Å². The first-order valence-corrected chi connectivity index (χ1v) is 12.2. The molecule has 164 valence electrons. The quantitative estimate of drug-likeness (QED) is 0.205. The number of imide groups is 1. The van der Waals surface area contributed by atoms with E-state index in [1.165, 1.54) is 6.21 Å². The Balaban J connectivity index is 1.33. The van der Waals surface area contributed by atoms with E-state index in [0.717, 1.165) is 30.6 Å². The number of nitrogens with zero attached hydrogens (tertiary/aromatic N) is 2. The van der Waals surface area contributed by atoms with Crippen molar-refractivity contribution in [2.75, 3.05) is 7.11 Å². The van der Waals surface area contributed by atoms with Gasteiger partial charge in [0.05, 0.1) is 28.7 Å². The lowest BCUT2D eigenvalue weighted by molar-refractivity contribution is -0.140. The number of carbonyl (C=O) groups excluding carboxylic acids is 2. The Kier molecular flexibility index (Phi) is 5.83. The number of methoxy groups -OCH3 is 1. The first-order chi connectivity index (χ1) is 15.5. The number of hydrogen-bond donors (Lipinski definition) is 0. The van der Waals surface area contributed by atoms with Gasteiger partial charge in [0, 0.05) is 4.47 Å². The first-order valence-electron chi connectivity index (χ1n) is 10.3. The van der Waals surface area contributed by atoms with Gasteiger partial charge in [0.15, 0.2) is 11.5 Å². The molecule has 3 aliphatic rings. The number of hydrazone groups is 1. The van der Waals surface area contributed by atoms with Gasteiger partial charge in [0.2, 0.25) is 0 Å². The summed E-state index contributed by atoms with van der Waals surface area (Å²) in [6.07, 6.45) is 6.59. The van der Waals surface area contributed by atoms with E-state index in [2.05, 4.69) is 55.8 Å². The summed E-state index contributed by atoms with van der Waals surface area (Å²) in [5, 5.41) is 5.31. The van der Waals surface area contributed by atoms with E-state index < -0.39 is 0 Å². The number of allylic oxidation sites excluding steroid dienone is 2. The third-order valence-corrected chi connectivity index (χ3v) is 7.65. The number of hydrogen-bond acceptors (Lipinski definition) is 5. The first kappa shape index (κ1) is 21.6. The van der Waals surface area contributed by atoms with E-state index in [4.69, 9.17) is 9.47 Å². The van der Waals surface area contributed by atoms with Crippen molar-refractivity contribution in [1.82, 2.24) is 5.01 Å². The second-order valence-corrected chi connectivity index (χ2v) is 10.3. The fourth-order valence-corrected chi connectivity index (χ4v) is 5.86. The average molecular weight is 607 g/mol. The van der Waals surface area contributed by atoms with Crippen molar-refractivity contribution in [1.29, 1.82) is 0 Å². The van der Waals surface area contributed by atoms with E-state index >= 15 is 0 Å². The highest BCUT2D eigenvalue weighted by Crippen LogP contribution is 2.52. The van der Waals surface area contributed by atoms with Crippen LogP contribution in [0.4, 0.5) is 0 Å². The molecule has 2 amide bonds. The molecule has 0 unspecified atom stereocenters. The van der Waals surface area contributed by atoms with Crippen LogP contribution in [0.15, 0.2) is 58.1 Å². The Morgan fingerprint density at radius 3 is 2.41 bits per heavy atom. The van der Waals surface area contributed by atoms with Crippen LogP contribution in [0.3, 0.4) is 0 Å². The lowest BCUT2D eigenvalue weighted by atomic mass is 9.85. The van der Waals surface area contributed by atoms with Gasteiger partial charge in [0.1, 0.15) is 6.61 Å². The molecule has 32 heavy (non-hydrogen) atoms. The largest absolute Gasteiger partial charge is 0.493 e. The van der Waals surface area contributed by atoms with Crippen LogP contribution in [0, 0.1) is 27.2 Å². The number of fused-ring (bicyclic) bond motifs is 5. The topological polar surface area (TPSA) is 68.2 Å². The summed E-state index contributed by atoms with van der Waals surface area (Å²) in [7, 11) is 1.58. The standard InChI is InChI=1S/C24H20BrIN2O4/c1-31-19-9-14(8-18(26)22(19)32-12-13-2-6-17(25)7-3-13)11-27-28-23(29)20-15-4-5-16(10-15)21(20)24(28)30/h2-9,11,15-16,20-21H,10,12H2,1H3/b27-11-/t15-,16-,20-,21-/m0/s1. The van der Waals surface area contributed by atoms with Crippen LogP contribution in [-0.2, 0) is 16.2 Å². The maximum Gasteiger partial charge on any atom is 0.254 e. The van der Waals surface area contributed by atoms with Gasteiger partial charge in [-0.1, -0.05) is 40.2 Å². The predicted octanol–water partition coefficient (Wildman–Crippen LogP) is 4.78. The molecule has 0 radical (unpaired) electrons. The van der Waals surface area contributed by atoms with Gasteiger partial charge in [-0.25, -0.2) is 0 Å². The van der Waals surface area contributed by atoms with Crippen molar-refractivity contribution in [3.8, 4) is 11.5 Å². The minimum atomic E-state index is -0.251. The van der Waals surface area contributed by atoms with Crippen molar-refractivity contribution >= 4 is 56.5 Å². The SMILES string of the molecule is COc1cc(/C=N\N2C(=O)[C@@H]3[C@@H](C2=O)[C@H]2C=C[C@H]3C2)cc(I)c1OCc1ccc(Br)cc1. The van der Waals surface area contributed by atoms with Crippen molar-refractivity contribution in [2.45, 2.75) is 13.0 Å². The summed E-state index contributed by atoms with van der Waals surface area (Å²) in [6, 6.07) is 11.6. The van der Waals surface area contributed by atoms with Crippen molar-refractivity contribution in [3.63, 3.8) is 0 Å². The van der Waals surface area contributed by atoms with E-state index in [0.29, 0.717) is 18.1 Å². The minimum absolute atomic E-state index is 0.171. The van der Waals surface area contributed by atoms with Crippen LogP contribution in [0.1, 0.15) is 17.5 Å². The number of ether oxygens (including phenoxy) is 2. The highest BCUT2D eigenvalue weighted by molar-refractivity contribution is 14.1. The molecule has 2 aromatic carbocycles. The Morgan fingerprint density at radius 1 is 1.12 bits per heavy atom. The van der Waals surface area contributed by atoms with Gasteiger partial charge in [-0.2, -0.15) is 10.1 Å². The molecule has 5 rings (SSSR count). The number of halogens is 2. The second kappa shape index (κ2) is 8.62. The zero-order valence-corrected chi connectivity index (χ0v) is 20.9. The maximum absolute atomic E-state index is 12.8. The molecule has 2 bridgehead atoms. The molecule has 2 fully saturated rings. The molecule has 0 aromatic heterocycles. The Bertz CT molecular complexity index is 1120. The second-order valence-electron chi connectivity index (χ2n) is 8.18. The van der Waals surface area contributed by atoms with E-state index in [1.54, 1.807) is 13.2 Å². The van der Waals surface area contributed by atoms with E-state index in [-0.39, 0.29) is 35.5 Å². The molecule has 1 saturated carbocycles. The molecule has 6 nitrogen and oxygen atoms in total.